The number of alkyl halides is 3. The van der Waals surface area contributed by atoms with Gasteiger partial charge in [-0.05, 0) is 20.3 Å². The molecule has 0 bridgehead atoms. The lowest BCUT2D eigenvalue weighted by molar-refractivity contribution is -0.139. The van der Waals surface area contributed by atoms with Crippen LogP contribution in [-0.2, 0) is 19.3 Å². The Labute approximate surface area is 135 Å². The van der Waals surface area contributed by atoms with Gasteiger partial charge >= 0.3 is 11.9 Å². The van der Waals surface area contributed by atoms with Gasteiger partial charge in [-0.15, -0.1) is 0 Å². The summed E-state index contributed by atoms with van der Waals surface area (Å²) < 4.78 is 42.3. The first-order valence-electron chi connectivity index (χ1n) is 7.46. The van der Waals surface area contributed by atoms with Crippen LogP contribution in [0.15, 0.2) is 22.1 Å². The molecule has 132 valence electrons. The van der Waals surface area contributed by atoms with E-state index in [9.17, 15) is 22.8 Å². The molecule has 2 rings (SSSR count). The number of halogens is 3. The molecular formula is C14H18F3N5O2. The topological polar surface area (TPSA) is 74.7 Å². The lowest BCUT2D eigenvalue weighted by Gasteiger charge is -2.16. The SMILES string of the molecule is CCCn1ncnc1Cn1c(=O)c(C(F)(F)F)cn(C(C)C)c1=O. The van der Waals surface area contributed by atoms with Crippen LogP contribution >= 0.6 is 0 Å². The second kappa shape index (κ2) is 6.62. The number of hydrogen-bond acceptors (Lipinski definition) is 4. The zero-order valence-electron chi connectivity index (χ0n) is 13.5. The van der Waals surface area contributed by atoms with E-state index in [1.54, 1.807) is 13.8 Å². The lowest BCUT2D eigenvalue weighted by Crippen LogP contribution is -2.44. The van der Waals surface area contributed by atoms with E-state index in [1.165, 1.54) is 11.0 Å². The van der Waals surface area contributed by atoms with Crippen LogP contribution < -0.4 is 11.2 Å². The summed E-state index contributed by atoms with van der Waals surface area (Å²) in [5.41, 5.74) is -3.57. The third-order valence-corrected chi connectivity index (χ3v) is 3.49. The maximum absolute atomic E-state index is 13.1. The first-order valence-corrected chi connectivity index (χ1v) is 7.46. The van der Waals surface area contributed by atoms with Crippen molar-refractivity contribution < 1.29 is 13.2 Å². The smallest absolute Gasteiger partial charge is 0.297 e. The highest BCUT2D eigenvalue weighted by Gasteiger charge is 2.36. The highest BCUT2D eigenvalue weighted by Crippen LogP contribution is 2.26. The molecule has 0 radical (unpaired) electrons. The summed E-state index contributed by atoms with van der Waals surface area (Å²) in [6.07, 6.45) is -2.31. The summed E-state index contributed by atoms with van der Waals surface area (Å²) in [7, 11) is 0. The molecular weight excluding hydrogens is 327 g/mol. The standard InChI is InChI=1S/C14H18F3N5O2/c1-4-5-22-11(18-8-19-22)7-21-12(23)10(14(15,16)17)6-20(9(2)3)13(21)24/h6,8-9H,4-5,7H2,1-3H3. The first-order chi connectivity index (χ1) is 11.2. The van der Waals surface area contributed by atoms with E-state index < -0.39 is 29.0 Å². The van der Waals surface area contributed by atoms with Crippen LogP contribution in [-0.4, -0.2) is 23.9 Å². The molecule has 0 saturated carbocycles. The number of hydrogen-bond donors (Lipinski definition) is 0. The molecule has 10 heteroatoms. The predicted octanol–water partition coefficient (Wildman–Crippen LogP) is 1.66. The molecule has 24 heavy (non-hydrogen) atoms. The van der Waals surface area contributed by atoms with Crippen LogP contribution in [0.25, 0.3) is 0 Å². The van der Waals surface area contributed by atoms with E-state index in [-0.39, 0.29) is 12.4 Å². The highest BCUT2D eigenvalue weighted by atomic mass is 19.4. The Morgan fingerprint density at radius 1 is 1.25 bits per heavy atom. The van der Waals surface area contributed by atoms with Gasteiger partial charge in [0.05, 0.1) is 6.54 Å². The van der Waals surface area contributed by atoms with Crippen molar-refractivity contribution in [3.05, 3.63) is 44.8 Å². The zero-order valence-corrected chi connectivity index (χ0v) is 13.5. The van der Waals surface area contributed by atoms with E-state index in [1.807, 2.05) is 6.92 Å². The Morgan fingerprint density at radius 3 is 2.46 bits per heavy atom. The fraction of sp³-hybridized carbons (Fsp3) is 0.571. The molecule has 0 N–H and O–H groups in total. The lowest BCUT2D eigenvalue weighted by atomic mass is 10.3. The maximum Gasteiger partial charge on any atom is 0.423 e. The summed E-state index contributed by atoms with van der Waals surface area (Å²) >= 11 is 0. The van der Waals surface area contributed by atoms with E-state index in [0.717, 1.165) is 11.0 Å². The molecule has 0 aliphatic carbocycles. The van der Waals surface area contributed by atoms with Gasteiger partial charge in [0.2, 0.25) is 0 Å². The van der Waals surface area contributed by atoms with Crippen molar-refractivity contribution in [1.82, 2.24) is 23.9 Å². The molecule has 0 amide bonds. The minimum atomic E-state index is -4.85. The highest BCUT2D eigenvalue weighted by molar-refractivity contribution is 5.11. The molecule has 0 saturated heterocycles. The molecule has 2 aromatic heterocycles. The molecule has 2 aromatic rings. The van der Waals surface area contributed by atoms with Crippen LogP contribution in [0, 0.1) is 0 Å². The molecule has 0 aliphatic heterocycles. The number of rotatable bonds is 5. The van der Waals surface area contributed by atoms with E-state index in [0.29, 0.717) is 17.3 Å². The average Bonchev–Trinajstić information content (AvgIpc) is 2.89. The summed E-state index contributed by atoms with van der Waals surface area (Å²) in [6, 6.07) is -0.529. The third kappa shape index (κ3) is 3.41. The number of nitrogens with zero attached hydrogens (tertiary/aromatic N) is 5. The maximum atomic E-state index is 13.1. The van der Waals surface area contributed by atoms with Crippen molar-refractivity contribution in [3.63, 3.8) is 0 Å². The third-order valence-electron chi connectivity index (χ3n) is 3.49. The Kier molecular flexibility index (Phi) is 4.95. The van der Waals surface area contributed by atoms with Crippen LogP contribution in [0.1, 0.15) is 44.6 Å². The first kappa shape index (κ1) is 18.0. The van der Waals surface area contributed by atoms with Crippen molar-refractivity contribution in [2.75, 3.05) is 0 Å². The average molecular weight is 345 g/mol. The van der Waals surface area contributed by atoms with Crippen LogP contribution in [0.5, 0.6) is 0 Å². The minimum absolute atomic E-state index is 0.255. The molecule has 0 fully saturated rings. The zero-order chi connectivity index (χ0) is 18.1. The van der Waals surface area contributed by atoms with Crippen molar-refractivity contribution >= 4 is 0 Å². The van der Waals surface area contributed by atoms with Gasteiger partial charge in [0.15, 0.2) is 0 Å². The minimum Gasteiger partial charge on any atom is -0.297 e. The summed E-state index contributed by atoms with van der Waals surface area (Å²) in [5, 5.41) is 3.95. The second-order valence-electron chi connectivity index (χ2n) is 5.61. The number of aromatic nitrogens is 5. The number of aryl methyl sites for hydroxylation is 1. The van der Waals surface area contributed by atoms with Gasteiger partial charge in [-0.25, -0.2) is 14.5 Å². The largest absolute Gasteiger partial charge is 0.423 e. The normalized spacial score (nSPS) is 12.1. The van der Waals surface area contributed by atoms with Gasteiger partial charge in [-0.1, -0.05) is 6.92 Å². The molecule has 0 aliphatic rings. The Morgan fingerprint density at radius 2 is 1.92 bits per heavy atom. The summed E-state index contributed by atoms with van der Waals surface area (Å²) in [5.74, 6) is 0.255. The fourth-order valence-corrected chi connectivity index (χ4v) is 2.28. The Hall–Kier alpha value is -2.39. The summed E-state index contributed by atoms with van der Waals surface area (Å²) in [4.78, 5) is 28.5. The van der Waals surface area contributed by atoms with E-state index >= 15 is 0 Å². The van der Waals surface area contributed by atoms with Gasteiger partial charge < -0.3 is 0 Å². The van der Waals surface area contributed by atoms with Crippen molar-refractivity contribution in [2.45, 2.75) is 52.5 Å². The summed E-state index contributed by atoms with van der Waals surface area (Å²) in [6.45, 7) is 5.15. The quantitative estimate of drug-likeness (QED) is 0.826. The fourth-order valence-electron chi connectivity index (χ4n) is 2.28. The van der Waals surface area contributed by atoms with Crippen molar-refractivity contribution in [3.8, 4) is 0 Å². The van der Waals surface area contributed by atoms with Gasteiger partial charge in [0, 0.05) is 18.8 Å². The van der Waals surface area contributed by atoms with E-state index in [4.69, 9.17) is 0 Å². The molecule has 0 aromatic carbocycles. The van der Waals surface area contributed by atoms with Gasteiger partial charge in [0.25, 0.3) is 5.56 Å². The van der Waals surface area contributed by atoms with Crippen molar-refractivity contribution in [2.24, 2.45) is 0 Å². The molecule has 0 spiro atoms. The second-order valence-corrected chi connectivity index (χ2v) is 5.61. The van der Waals surface area contributed by atoms with Gasteiger partial charge in [0.1, 0.15) is 17.7 Å². The van der Waals surface area contributed by atoms with Crippen LogP contribution in [0.3, 0.4) is 0 Å². The van der Waals surface area contributed by atoms with Crippen molar-refractivity contribution in [1.29, 1.82) is 0 Å². The van der Waals surface area contributed by atoms with Gasteiger partial charge in [-0.2, -0.15) is 18.3 Å². The van der Waals surface area contributed by atoms with Gasteiger partial charge in [-0.3, -0.25) is 13.9 Å². The van der Waals surface area contributed by atoms with E-state index in [2.05, 4.69) is 10.1 Å². The molecule has 2 heterocycles. The van der Waals surface area contributed by atoms with Crippen LogP contribution in [0.2, 0.25) is 0 Å². The predicted molar refractivity (Wildman–Crippen MR) is 79.8 cm³/mol. The Balaban J connectivity index is 2.64. The monoisotopic (exact) mass is 345 g/mol. The molecule has 0 unspecified atom stereocenters. The van der Waals surface area contributed by atoms with Crippen LogP contribution in [0.4, 0.5) is 13.2 Å². The molecule has 7 nitrogen and oxygen atoms in total. The molecule has 0 atom stereocenters. The Bertz CT molecular complexity index is 832.